The minimum atomic E-state index is -0.511. The molecule has 0 N–H and O–H groups in total. The number of benzene rings is 1. The molecule has 0 aliphatic carbocycles. The Bertz CT molecular complexity index is 343. The van der Waals surface area contributed by atoms with E-state index in [1.165, 1.54) is 6.92 Å². The number of ether oxygens (including phenoxy) is 1. The zero-order chi connectivity index (χ0) is 10.6. The molecule has 74 valence electrons. The van der Waals surface area contributed by atoms with Gasteiger partial charge in [0.05, 0.1) is 0 Å². The largest absolute Gasteiger partial charge is 0.486 e. The van der Waals surface area contributed by atoms with Crippen molar-refractivity contribution in [3.8, 4) is 5.75 Å². The van der Waals surface area contributed by atoms with Gasteiger partial charge in [-0.05, 0) is 42.8 Å². The summed E-state index contributed by atoms with van der Waals surface area (Å²) < 4.78 is 5.10. The fourth-order valence-corrected chi connectivity index (χ4v) is 0.993. The Morgan fingerprint density at radius 1 is 1.29 bits per heavy atom. The predicted molar refractivity (Wildman–Crippen MR) is 52.8 cm³/mol. The molecule has 0 aliphatic rings. The lowest BCUT2D eigenvalue weighted by Crippen LogP contribution is -2.06. The summed E-state index contributed by atoms with van der Waals surface area (Å²) >= 11 is 5.25. The predicted octanol–water partition coefficient (Wildman–Crippen LogP) is 2.03. The second-order valence-corrected chi connectivity index (χ2v) is 3.13. The maximum absolute atomic E-state index is 10.7. The summed E-state index contributed by atoms with van der Waals surface area (Å²) in [7, 11) is 0. The van der Waals surface area contributed by atoms with Crippen LogP contribution in [0.25, 0.3) is 0 Å². The van der Waals surface area contributed by atoms with Crippen molar-refractivity contribution in [2.24, 2.45) is 0 Å². The molecule has 0 atom stereocenters. The highest BCUT2D eigenvalue weighted by Gasteiger charge is 2.01. The normalized spacial score (nSPS) is 9.57. The molecule has 4 heteroatoms. The first-order valence-corrected chi connectivity index (χ1v) is 4.39. The van der Waals surface area contributed by atoms with E-state index in [2.05, 4.69) is 0 Å². The van der Waals surface area contributed by atoms with Crippen LogP contribution in [0, 0.1) is 0 Å². The first-order chi connectivity index (χ1) is 6.59. The summed E-state index contributed by atoms with van der Waals surface area (Å²) in [5.41, 5.74) is 0.404. The second kappa shape index (κ2) is 4.77. The van der Waals surface area contributed by atoms with Crippen molar-refractivity contribution in [1.82, 2.24) is 0 Å². The van der Waals surface area contributed by atoms with E-state index in [1.807, 2.05) is 0 Å². The summed E-state index contributed by atoms with van der Waals surface area (Å²) in [4.78, 5) is 21.3. The van der Waals surface area contributed by atoms with Gasteiger partial charge in [-0.1, -0.05) is 0 Å². The van der Waals surface area contributed by atoms with Gasteiger partial charge in [-0.2, -0.15) is 0 Å². The lowest BCUT2D eigenvalue weighted by Gasteiger charge is -2.03. The summed E-state index contributed by atoms with van der Waals surface area (Å²) in [5.74, 6) is 0.490. The fraction of sp³-hybridized carbons (Fsp3) is 0.200. The minimum Gasteiger partial charge on any atom is -0.486 e. The molecule has 0 bridgehead atoms. The lowest BCUT2D eigenvalue weighted by atomic mass is 10.2. The number of halogens is 1. The van der Waals surface area contributed by atoms with Crippen molar-refractivity contribution in [3.63, 3.8) is 0 Å². The average molecular weight is 213 g/mol. The summed E-state index contributed by atoms with van der Waals surface area (Å²) in [6.07, 6.45) is 0. The first-order valence-electron chi connectivity index (χ1n) is 4.01. The molecule has 0 aromatic heterocycles. The van der Waals surface area contributed by atoms with Crippen LogP contribution in [0.15, 0.2) is 24.3 Å². The van der Waals surface area contributed by atoms with Gasteiger partial charge in [-0.15, -0.1) is 0 Å². The Kier molecular flexibility index (Phi) is 3.65. The molecule has 14 heavy (non-hydrogen) atoms. The number of carbonyl (C=O) groups is 2. The van der Waals surface area contributed by atoms with Crippen LogP contribution in [-0.4, -0.2) is 17.6 Å². The Balaban J connectivity index is 2.64. The van der Waals surface area contributed by atoms with Crippen molar-refractivity contribution in [3.05, 3.63) is 29.8 Å². The van der Waals surface area contributed by atoms with E-state index in [9.17, 15) is 9.59 Å². The van der Waals surface area contributed by atoms with Gasteiger partial charge < -0.3 is 4.74 Å². The fourth-order valence-electron chi connectivity index (χ4n) is 0.867. The molecular weight excluding hydrogens is 204 g/mol. The van der Waals surface area contributed by atoms with Gasteiger partial charge in [0.2, 0.25) is 0 Å². The smallest absolute Gasteiger partial charge is 0.252 e. The molecule has 0 fully saturated rings. The number of hydrogen-bond donors (Lipinski definition) is 0. The van der Waals surface area contributed by atoms with E-state index >= 15 is 0 Å². The summed E-state index contributed by atoms with van der Waals surface area (Å²) in [5, 5.41) is -0.511. The van der Waals surface area contributed by atoms with Crippen LogP contribution < -0.4 is 4.74 Å². The van der Waals surface area contributed by atoms with E-state index in [1.54, 1.807) is 24.3 Å². The average Bonchev–Trinajstić information content (AvgIpc) is 2.15. The van der Waals surface area contributed by atoms with Gasteiger partial charge in [0, 0.05) is 5.56 Å². The van der Waals surface area contributed by atoms with Crippen molar-refractivity contribution in [1.29, 1.82) is 0 Å². The summed E-state index contributed by atoms with van der Waals surface area (Å²) in [6, 6.07) is 6.28. The molecule has 0 saturated heterocycles. The quantitative estimate of drug-likeness (QED) is 0.718. The van der Waals surface area contributed by atoms with Crippen LogP contribution in [0.5, 0.6) is 5.75 Å². The topological polar surface area (TPSA) is 43.4 Å². The van der Waals surface area contributed by atoms with Crippen LogP contribution in [0.1, 0.15) is 17.3 Å². The number of carbonyl (C=O) groups excluding carboxylic acids is 2. The number of ketones is 1. The minimum absolute atomic E-state index is 0.0359. The Morgan fingerprint density at radius 2 is 1.86 bits per heavy atom. The Morgan fingerprint density at radius 3 is 2.29 bits per heavy atom. The van der Waals surface area contributed by atoms with Crippen LogP contribution in [0.2, 0.25) is 0 Å². The molecule has 0 spiro atoms. The van der Waals surface area contributed by atoms with Gasteiger partial charge in [-0.3, -0.25) is 9.59 Å². The highest BCUT2D eigenvalue weighted by atomic mass is 35.5. The molecule has 0 amide bonds. The molecule has 0 saturated carbocycles. The third kappa shape index (κ3) is 3.18. The third-order valence-corrected chi connectivity index (χ3v) is 1.74. The number of rotatable bonds is 4. The highest BCUT2D eigenvalue weighted by Crippen LogP contribution is 2.13. The van der Waals surface area contributed by atoms with Gasteiger partial charge in [0.25, 0.3) is 5.24 Å². The molecular formula is C10H9ClO3. The maximum atomic E-state index is 10.7. The van der Waals surface area contributed by atoms with E-state index in [-0.39, 0.29) is 12.4 Å². The molecule has 0 aliphatic heterocycles. The second-order valence-electron chi connectivity index (χ2n) is 2.79. The SMILES string of the molecule is CC(=O)COc1ccc(C(=O)Cl)cc1. The van der Waals surface area contributed by atoms with Crippen molar-refractivity contribution < 1.29 is 14.3 Å². The third-order valence-electron chi connectivity index (χ3n) is 1.52. The van der Waals surface area contributed by atoms with Crippen LogP contribution in [-0.2, 0) is 4.79 Å². The van der Waals surface area contributed by atoms with E-state index in [0.29, 0.717) is 11.3 Å². The molecule has 1 rings (SSSR count). The number of hydrogen-bond acceptors (Lipinski definition) is 3. The molecule has 1 aromatic carbocycles. The highest BCUT2D eigenvalue weighted by molar-refractivity contribution is 6.67. The van der Waals surface area contributed by atoms with Crippen LogP contribution in [0.3, 0.4) is 0 Å². The van der Waals surface area contributed by atoms with E-state index < -0.39 is 5.24 Å². The maximum Gasteiger partial charge on any atom is 0.252 e. The Labute approximate surface area is 86.6 Å². The van der Waals surface area contributed by atoms with Crippen LogP contribution >= 0.6 is 11.6 Å². The molecule has 3 nitrogen and oxygen atoms in total. The van der Waals surface area contributed by atoms with Gasteiger partial charge in [0.15, 0.2) is 5.78 Å². The lowest BCUT2D eigenvalue weighted by molar-refractivity contribution is -0.118. The van der Waals surface area contributed by atoms with Crippen LogP contribution in [0.4, 0.5) is 0 Å². The van der Waals surface area contributed by atoms with Crippen molar-refractivity contribution in [2.75, 3.05) is 6.61 Å². The van der Waals surface area contributed by atoms with Gasteiger partial charge >= 0.3 is 0 Å². The molecule has 0 radical (unpaired) electrons. The van der Waals surface area contributed by atoms with Crippen molar-refractivity contribution in [2.45, 2.75) is 6.92 Å². The van der Waals surface area contributed by atoms with Gasteiger partial charge in [-0.25, -0.2) is 0 Å². The van der Waals surface area contributed by atoms with Crippen molar-refractivity contribution >= 4 is 22.6 Å². The summed E-state index contributed by atoms with van der Waals surface area (Å²) in [6.45, 7) is 1.48. The monoisotopic (exact) mass is 212 g/mol. The van der Waals surface area contributed by atoms with E-state index in [0.717, 1.165) is 0 Å². The molecule has 0 unspecified atom stereocenters. The standard InChI is InChI=1S/C10H9ClO3/c1-7(12)6-14-9-4-2-8(3-5-9)10(11)13/h2-5H,6H2,1H3. The van der Waals surface area contributed by atoms with Gasteiger partial charge in [0.1, 0.15) is 12.4 Å². The molecule has 1 aromatic rings. The zero-order valence-corrected chi connectivity index (χ0v) is 8.38. The first kappa shape index (κ1) is 10.7. The molecule has 0 heterocycles. The van der Waals surface area contributed by atoms with E-state index in [4.69, 9.17) is 16.3 Å². The number of Topliss-reactive ketones (excluding diaryl/α,β-unsaturated/α-hetero) is 1. The zero-order valence-electron chi connectivity index (χ0n) is 7.62. The Hall–Kier alpha value is -1.35.